The van der Waals surface area contributed by atoms with Gasteiger partial charge in [-0.3, -0.25) is 15.0 Å². The van der Waals surface area contributed by atoms with Crippen molar-refractivity contribution in [3.05, 3.63) is 66.0 Å². The summed E-state index contributed by atoms with van der Waals surface area (Å²) in [4.78, 5) is 28.6. The second kappa shape index (κ2) is 11.2. The lowest BCUT2D eigenvalue weighted by atomic mass is 9.90. The van der Waals surface area contributed by atoms with Crippen molar-refractivity contribution in [3.8, 4) is 0 Å². The number of benzene rings is 1. The standard InChI is InChI=1S/C21H26N4O4S.ClH/c1-30(28,29)23-22-21(27)19-8-5-11-24(15-19)16-20(26)25-12-9-18(10-13-25)14-17-6-3-2-4-7-17;/h2-8,11,15,18,23H,9-10,12-14,16H2,1H3;1H. The van der Waals surface area contributed by atoms with Crippen LogP contribution in [0.5, 0.6) is 0 Å². The van der Waals surface area contributed by atoms with E-state index in [-0.39, 0.29) is 30.4 Å². The van der Waals surface area contributed by atoms with E-state index in [0.29, 0.717) is 5.92 Å². The molecule has 1 saturated heterocycles. The molecule has 10 heteroatoms. The Kier molecular flexibility index (Phi) is 8.97. The third kappa shape index (κ3) is 7.93. The number of nitrogens with one attached hydrogen (secondary N) is 2. The third-order valence-electron chi connectivity index (χ3n) is 5.12. The molecule has 3 rings (SSSR count). The Bertz CT molecular complexity index is 993. The fourth-order valence-electron chi connectivity index (χ4n) is 3.56. The lowest BCUT2D eigenvalue weighted by Crippen LogP contribution is -3.00. The van der Waals surface area contributed by atoms with Gasteiger partial charge in [0.15, 0.2) is 12.4 Å². The van der Waals surface area contributed by atoms with E-state index in [1.54, 1.807) is 22.9 Å². The molecular formula is C21H27ClN4O4S. The number of halogens is 1. The maximum Gasteiger partial charge on any atom is 0.288 e. The Hall–Kier alpha value is -2.49. The minimum atomic E-state index is -3.54. The molecule has 1 aromatic carbocycles. The lowest BCUT2D eigenvalue weighted by molar-refractivity contribution is -0.685. The topological polar surface area (TPSA) is 99.5 Å². The monoisotopic (exact) mass is 466 g/mol. The molecule has 2 N–H and O–H groups in total. The summed E-state index contributed by atoms with van der Waals surface area (Å²) in [7, 11) is -3.54. The van der Waals surface area contributed by atoms with Crippen molar-refractivity contribution < 1.29 is 35.0 Å². The van der Waals surface area contributed by atoms with Crippen LogP contribution in [0, 0.1) is 5.92 Å². The molecule has 1 aliphatic heterocycles. The molecule has 0 unspecified atom stereocenters. The van der Waals surface area contributed by atoms with Crippen LogP contribution in [0.15, 0.2) is 54.9 Å². The van der Waals surface area contributed by atoms with Crippen molar-refractivity contribution in [2.45, 2.75) is 25.8 Å². The lowest BCUT2D eigenvalue weighted by Gasteiger charge is -2.31. The van der Waals surface area contributed by atoms with Crippen LogP contribution in [0.3, 0.4) is 0 Å². The van der Waals surface area contributed by atoms with Gasteiger partial charge in [0.2, 0.25) is 16.6 Å². The Balaban J connectivity index is 0.00000341. The predicted octanol–water partition coefficient (Wildman–Crippen LogP) is -2.35. The molecule has 0 atom stereocenters. The highest BCUT2D eigenvalue weighted by Crippen LogP contribution is 2.21. The predicted molar refractivity (Wildman–Crippen MR) is 112 cm³/mol. The van der Waals surface area contributed by atoms with E-state index in [2.05, 4.69) is 29.7 Å². The highest BCUT2D eigenvalue weighted by atomic mass is 35.5. The fraction of sp³-hybridized carbons (Fsp3) is 0.381. The van der Waals surface area contributed by atoms with E-state index in [1.807, 2.05) is 15.8 Å². The number of aromatic nitrogens is 1. The zero-order valence-electron chi connectivity index (χ0n) is 17.3. The van der Waals surface area contributed by atoms with Gasteiger partial charge in [-0.25, -0.2) is 8.42 Å². The van der Waals surface area contributed by atoms with Crippen LogP contribution in [0.1, 0.15) is 28.8 Å². The van der Waals surface area contributed by atoms with Crippen molar-refractivity contribution in [2.24, 2.45) is 5.92 Å². The van der Waals surface area contributed by atoms with E-state index in [4.69, 9.17) is 0 Å². The molecule has 31 heavy (non-hydrogen) atoms. The Labute approximate surface area is 189 Å². The summed E-state index contributed by atoms with van der Waals surface area (Å²) < 4.78 is 23.8. The Morgan fingerprint density at radius 1 is 1.10 bits per heavy atom. The van der Waals surface area contributed by atoms with Gasteiger partial charge in [-0.05, 0) is 36.8 Å². The molecule has 1 aliphatic rings. The summed E-state index contributed by atoms with van der Waals surface area (Å²) >= 11 is 0. The van der Waals surface area contributed by atoms with Crippen LogP contribution in [-0.4, -0.2) is 44.5 Å². The molecule has 1 aromatic heterocycles. The number of piperidine rings is 1. The number of rotatable bonds is 7. The zero-order valence-corrected chi connectivity index (χ0v) is 18.9. The molecule has 8 nitrogen and oxygen atoms in total. The number of sulfonamides is 1. The van der Waals surface area contributed by atoms with E-state index >= 15 is 0 Å². The number of hydrogen-bond donors (Lipinski definition) is 2. The van der Waals surface area contributed by atoms with Crippen molar-refractivity contribution in [2.75, 3.05) is 19.3 Å². The molecule has 1 fully saturated rings. The normalized spacial score (nSPS) is 14.5. The van der Waals surface area contributed by atoms with Gasteiger partial charge in [-0.15, -0.1) is 4.83 Å². The molecule has 0 radical (unpaired) electrons. The smallest absolute Gasteiger partial charge is 0.288 e. The highest BCUT2D eigenvalue weighted by molar-refractivity contribution is 7.88. The summed E-state index contributed by atoms with van der Waals surface area (Å²) in [6.45, 7) is 1.59. The first kappa shape index (κ1) is 24.8. The highest BCUT2D eigenvalue weighted by Gasteiger charge is 2.25. The first-order valence-electron chi connectivity index (χ1n) is 9.88. The quantitative estimate of drug-likeness (QED) is 0.352. The molecule has 0 aliphatic carbocycles. The molecule has 2 amide bonds. The van der Waals surface area contributed by atoms with Gasteiger partial charge in [0.1, 0.15) is 5.56 Å². The molecule has 168 valence electrons. The summed E-state index contributed by atoms with van der Waals surface area (Å²) in [6, 6.07) is 13.6. The SMILES string of the molecule is CS(=O)(=O)NNC(=O)c1ccc[n+](CC(=O)N2CCC(Cc3ccccc3)CC2)c1.[Cl-]. The van der Waals surface area contributed by atoms with Crippen molar-refractivity contribution >= 4 is 21.8 Å². The van der Waals surface area contributed by atoms with Crippen molar-refractivity contribution in [3.63, 3.8) is 0 Å². The largest absolute Gasteiger partial charge is 1.00 e. The Morgan fingerprint density at radius 2 is 1.77 bits per heavy atom. The molecule has 0 spiro atoms. The molecule has 2 heterocycles. The van der Waals surface area contributed by atoms with Crippen LogP contribution >= 0.6 is 0 Å². The number of carbonyl (C=O) groups excluding carboxylic acids is 2. The van der Waals surface area contributed by atoms with Gasteiger partial charge in [0, 0.05) is 19.2 Å². The molecular weight excluding hydrogens is 440 g/mol. The second-order valence-corrected chi connectivity index (χ2v) is 9.36. The van der Waals surface area contributed by atoms with Gasteiger partial charge in [-0.2, -0.15) is 4.57 Å². The number of carbonyl (C=O) groups is 2. The van der Waals surface area contributed by atoms with Gasteiger partial charge >= 0.3 is 0 Å². The third-order valence-corrected chi connectivity index (χ3v) is 5.60. The van der Waals surface area contributed by atoms with Crippen molar-refractivity contribution in [1.29, 1.82) is 0 Å². The van der Waals surface area contributed by atoms with Gasteiger partial charge in [0.25, 0.3) is 11.8 Å². The number of hydrogen-bond acceptors (Lipinski definition) is 4. The van der Waals surface area contributed by atoms with Crippen LogP contribution in [0.25, 0.3) is 0 Å². The number of amides is 2. The van der Waals surface area contributed by atoms with Crippen LogP contribution in [0.4, 0.5) is 0 Å². The van der Waals surface area contributed by atoms with E-state index < -0.39 is 15.9 Å². The average molecular weight is 467 g/mol. The minimum Gasteiger partial charge on any atom is -1.00 e. The fourth-order valence-corrected chi connectivity index (χ4v) is 3.83. The number of likely N-dealkylation sites (tertiary alicyclic amines) is 1. The van der Waals surface area contributed by atoms with E-state index in [9.17, 15) is 18.0 Å². The van der Waals surface area contributed by atoms with Crippen LogP contribution < -0.4 is 27.2 Å². The summed E-state index contributed by atoms with van der Waals surface area (Å²) in [5, 5.41) is 0. The maximum absolute atomic E-state index is 12.7. The van der Waals surface area contributed by atoms with E-state index in [0.717, 1.165) is 38.6 Å². The minimum absolute atomic E-state index is 0. The van der Waals surface area contributed by atoms with Gasteiger partial charge in [0.05, 0.1) is 6.26 Å². The number of pyridine rings is 1. The summed E-state index contributed by atoms with van der Waals surface area (Å²) in [5.41, 5.74) is 3.71. The maximum atomic E-state index is 12.7. The first-order chi connectivity index (χ1) is 14.3. The summed E-state index contributed by atoms with van der Waals surface area (Å²) in [5.74, 6) is -0.00704. The van der Waals surface area contributed by atoms with Crippen LogP contribution in [-0.2, 0) is 27.8 Å². The first-order valence-corrected chi connectivity index (χ1v) is 11.8. The number of nitrogens with zero attached hydrogens (tertiary/aromatic N) is 2. The molecule has 0 bridgehead atoms. The zero-order chi connectivity index (χ0) is 21.6. The average Bonchev–Trinajstić information content (AvgIpc) is 2.73. The molecule has 0 saturated carbocycles. The van der Waals surface area contributed by atoms with Crippen LogP contribution in [0.2, 0.25) is 0 Å². The van der Waals surface area contributed by atoms with Crippen molar-refractivity contribution in [1.82, 2.24) is 15.2 Å². The number of hydrazine groups is 1. The van der Waals surface area contributed by atoms with Gasteiger partial charge < -0.3 is 17.3 Å². The van der Waals surface area contributed by atoms with E-state index in [1.165, 1.54) is 11.8 Å². The summed E-state index contributed by atoms with van der Waals surface area (Å²) in [6.07, 6.45) is 7.17. The van der Waals surface area contributed by atoms with Gasteiger partial charge in [-0.1, -0.05) is 30.3 Å². The Morgan fingerprint density at radius 3 is 2.42 bits per heavy atom. The molecule has 2 aromatic rings. The second-order valence-electron chi connectivity index (χ2n) is 7.61.